The van der Waals surface area contributed by atoms with Gasteiger partial charge >= 0.3 is 0 Å². The first kappa shape index (κ1) is 27.1. The zero-order chi connectivity index (χ0) is 27.8. The number of hydrogen-bond donors (Lipinski definition) is 0. The molecule has 0 unspecified atom stereocenters. The lowest BCUT2D eigenvalue weighted by molar-refractivity contribution is -0.127. The van der Waals surface area contributed by atoms with Gasteiger partial charge in [0.1, 0.15) is 11.8 Å². The lowest BCUT2D eigenvalue weighted by Crippen LogP contribution is -2.43. The van der Waals surface area contributed by atoms with Crippen LogP contribution in [0.5, 0.6) is 5.75 Å². The Kier molecular flexibility index (Phi) is 7.60. The summed E-state index contributed by atoms with van der Waals surface area (Å²) < 4.78 is 9.07. The van der Waals surface area contributed by atoms with Gasteiger partial charge < -0.3 is 9.64 Å². The van der Waals surface area contributed by atoms with Crippen molar-refractivity contribution in [2.45, 2.75) is 33.7 Å². The van der Waals surface area contributed by atoms with Crippen molar-refractivity contribution >= 4 is 50.0 Å². The number of aromatic nitrogens is 1. The third-order valence-electron chi connectivity index (χ3n) is 7.22. The van der Waals surface area contributed by atoms with Gasteiger partial charge in [-0.25, -0.2) is 4.99 Å². The monoisotopic (exact) mass is 603 g/mol. The number of thiazole rings is 1. The van der Waals surface area contributed by atoms with Gasteiger partial charge in [-0.15, -0.1) is 0 Å². The number of methoxy groups -OCH3 is 1. The van der Waals surface area contributed by atoms with Crippen molar-refractivity contribution in [3.63, 3.8) is 0 Å². The fourth-order valence-corrected chi connectivity index (χ4v) is 6.58. The number of allylic oxidation sites excluding steroid dienone is 1. The summed E-state index contributed by atoms with van der Waals surface area (Å²) in [6.45, 7) is 8.90. The van der Waals surface area contributed by atoms with Crippen LogP contribution in [-0.2, 0) is 4.79 Å². The molecule has 0 bridgehead atoms. The second-order valence-electron chi connectivity index (χ2n) is 9.47. The van der Waals surface area contributed by atoms with Crippen LogP contribution in [0.25, 0.3) is 16.8 Å². The van der Waals surface area contributed by atoms with Crippen molar-refractivity contribution in [3.05, 3.63) is 107 Å². The predicted molar refractivity (Wildman–Crippen MR) is 161 cm³/mol. The van der Waals surface area contributed by atoms with Crippen molar-refractivity contribution in [1.29, 1.82) is 0 Å². The van der Waals surface area contributed by atoms with E-state index < -0.39 is 6.04 Å². The van der Waals surface area contributed by atoms with E-state index in [4.69, 9.17) is 9.73 Å². The maximum Gasteiger partial charge on any atom is 0.271 e. The van der Waals surface area contributed by atoms with E-state index in [0.29, 0.717) is 39.4 Å². The molecule has 0 fully saturated rings. The van der Waals surface area contributed by atoms with Crippen LogP contribution in [0.3, 0.4) is 0 Å². The molecule has 0 spiro atoms. The van der Waals surface area contributed by atoms with Gasteiger partial charge in [0, 0.05) is 23.1 Å². The van der Waals surface area contributed by atoms with Crippen LogP contribution < -0.4 is 19.6 Å². The van der Waals surface area contributed by atoms with Crippen LogP contribution in [0.4, 0.5) is 0 Å². The van der Waals surface area contributed by atoms with Crippen molar-refractivity contribution in [2.24, 2.45) is 4.99 Å². The maximum absolute atomic E-state index is 14.2. The number of rotatable bonds is 6. The second-order valence-corrected chi connectivity index (χ2v) is 11.3. The summed E-state index contributed by atoms with van der Waals surface area (Å²) in [5.74, 6) is 0.494. The Labute approximate surface area is 239 Å². The number of likely N-dealkylation sites (N-methyl/N-ethyl adjacent to an activating group) is 1. The number of nitrogens with zero attached hydrogens (tertiary/aromatic N) is 3. The van der Waals surface area contributed by atoms with Crippen LogP contribution in [0.15, 0.2) is 80.1 Å². The van der Waals surface area contributed by atoms with Gasteiger partial charge in [-0.3, -0.25) is 14.2 Å². The molecule has 0 radical (unpaired) electrons. The van der Waals surface area contributed by atoms with Crippen LogP contribution in [0.2, 0.25) is 0 Å². The molecule has 0 N–H and O–H groups in total. The fraction of sp³-hybridized carbons (Fsp3) is 0.258. The van der Waals surface area contributed by atoms with Crippen LogP contribution in [0, 0.1) is 6.92 Å². The molecule has 5 rings (SSSR count). The molecule has 1 aliphatic heterocycles. The first-order valence-electron chi connectivity index (χ1n) is 12.9. The summed E-state index contributed by atoms with van der Waals surface area (Å²) in [6, 6.07) is 17.2. The number of amides is 1. The molecular weight excluding hydrogens is 574 g/mol. The molecular formula is C31H30BrN3O3S. The van der Waals surface area contributed by atoms with Crippen LogP contribution in [0.1, 0.15) is 43.5 Å². The largest absolute Gasteiger partial charge is 0.496 e. The Bertz CT molecular complexity index is 1820. The molecule has 1 aromatic heterocycles. The molecule has 0 saturated heterocycles. The number of carbonyl (C=O) groups is 1. The van der Waals surface area contributed by atoms with E-state index in [9.17, 15) is 9.59 Å². The van der Waals surface area contributed by atoms with Crippen molar-refractivity contribution < 1.29 is 9.53 Å². The molecule has 0 aliphatic carbocycles. The Morgan fingerprint density at radius 2 is 1.87 bits per heavy atom. The molecule has 1 atom stereocenters. The highest BCUT2D eigenvalue weighted by atomic mass is 79.9. The fourth-order valence-electron chi connectivity index (χ4n) is 5.14. The normalized spacial score (nSPS) is 15.3. The van der Waals surface area contributed by atoms with E-state index in [1.54, 1.807) is 16.6 Å². The summed E-state index contributed by atoms with van der Waals surface area (Å²) in [4.78, 5) is 35.3. The summed E-state index contributed by atoms with van der Waals surface area (Å²) in [6.07, 6.45) is 1.89. The Morgan fingerprint density at radius 3 is 2.56 bits per heavy atom. The minimum absolute atomic E-state index is 0.127. The van der Waals surface area contributed by atoms with Gasteiger partial charge in [0.25, 0.3) is 11.5 Å². The highest BCUT2D eigenvalue weighted by molar-refractivity contribution is 9.10. The topological polar surface area (TPSA) is 63.9 Å². The standard InChI is InChI=1S/C31H30BrN3O3S/c1-6-34(7-2)30(37)26-19(4)33-31-35(29(36)25(39-31)17-20-13-12-18(3)23(32)16-20)28(26)27-22-11-9-8-10-21(22)14-15-24(27)38-5/h8-17,28H,6-7H2,1-5H3/b25-17+/t28-/m1/s1. The lowest BCUT2D eigenvalue weighted by Gasteiger charge is -2.30. The number of benzene rings is 3. The molecule has 39 heavy (non-hydrogen) atoms. The number of fused-ring (bicyclic) bond motifs is 2. The molecule has 8 heteroatoms. The van der Waals surface area contributed by atoms with Crippen molar-refractivity contribution in [1.82, 2.24) is 9.47 Å². The van der Waals surface area contributed by atoms with E-state index in [0.717, 1.165) is 31.9 Å². The van der Waals surface area contributed by atoms with E-state index in [-0.39, 0.29) is 11.5 Å². The lowest BCUT2D eigenvalue weighted by atomic mass is 9.90. The van der Waals surface area contributed by atoms with E-state index in [2.05, 4.69) is 15.9 Å². The number of ether oxygens (including phenoxy) is 1. The van der Waals surface area contributed by atoms with E-state index >= 15 is 0 Å². The minimum atomic E-state index is -0.692. The molecule has 4 aromatic rings. The van der Waals surface area contributed by atoms with Crippen LogP contribution >= 0.6 is 27.3 Å². The average molecular weight is 605 g/mol. The van der Waals surface area contributed by atoms with Crippen LogP contribution in [-0.4, -0.2) is 35.6 Å². The summed E-state index contributed by atoms with van der Waals surface area (Å²) >= 11 is 4.93. The zero-order valence-electron chi connectivity index (χ0n) is 22.6. The van der Waals surface area contributed by atoms with Gasteiger partial charge in [-0.2, -0.15) is 0 Å². The van der Waals surface area contributed by atoms with Crippen molar-refractivity contribution in [3.8, 4) is 5.75 Å². The summed E-state index contributed by atoms with van der Waals surface area (Å²) in [5, 5.41) is 1.93. The quantitative estimate of drug-likeness (QED) is 0.299. The van der Waals surface area contributed by atoms with Gasteiger partial charge in [-0.05, 0) is 67.8 Å². The first-order chi connectivity index (χ1) is 18.8. The number of aryl methyl sites for hydroxylation is 1. The van der Waals surface area contributed by atoms with Gasteiger partial charge in [0.05, 0.1) is 22.9 Å². The number of hydrogen-bond acceptors (Lipinski definition) is 5. The van der Waals surface area contributed by atoms with Gasteiger partial charge in [0.15, 0.2) is 4.80 Å². The summed E-state index contributed by atoms with van der Waals surface area (Å²) in [5.41, 5.74) is 3.72. The molecule has 200 valence electrons. The third kappa shape index (κ3) is 4.76. The SMILES string of the molecule is CCN(CC)C(=O)C1=C(C)N=c2s/c(=C/c3ccc(C)c(Br)c3)c(=O)n2[C@H]1c1c(OC)ccc2ccccc12. The molecule has 2 heterocycles. The Morgan fingerprint density at radius 1 is 1.13 bits per heavy atom. The number of carbonyl (C=O) groups excluding carboxylic acids is 1. The van der Waals surface area contributed by atoms with Gasteiger partial charge in [-0.1, -0.05) is 69.7 Å². The van der Waals surface area contributed by atoms with E-state index in [1.807, 2.05) is 88.4 Å². The highest BCUT2D eigenvalue weighted by Gasteiger charge is 2.36. The Balaban J connectivity index is 1.85. The first-order valence-corrected chi connectivity index (χ1v) is 14.5. The number of halogens is 1. The second kappa shape index (κ2) is 10.9. The Hall–Kier alpha value is -3.49. The molecule has 1 amide bonds. The minimum Gasteiger partial charge on any atom is -0.496 e. The highest BCUT2D eigenvalue weighted by Crippen LogP contribution is 2.40. The van der Waals surface area contributed by atoms with Gasteiger partial charge in [0.2, 0.25) is 0 Å². The third-order valence-corrected chi connectivity index (χ3v) is 9.06. The zero-order valence-corrected chi connectivity index (χ0v) is 25.0. The summed E-state index contributed by atoms with van der Waals surface area (Å²) in [7, 11) is 1.62. The van der Waals surface area contributed by atoms with Crippen molar-refractivity contribution in [2.75, 3.05) is 20.2 Å². The molecule has 1 aliphatic rings. The molecule has 3 aromatic carbocycles. The maximum atomic E-state index is 14.2. The average Bonchev–Trinajstić information content (AvgIpc) is 3.23. The van der Waals surface area contributed by atoms with E-state index in [1.165, 1.54) is 11.3 Å². The molecule has 6 nitrogen and oxygen atoms in total. The smallest absolute Gasteiger partial charge is 0.271 e. The predicted octanol–water partition coefficient (Wildman–Crippen LogP) is 5.34. The molecule has 0 saturated carbocycles.